The second-order valence-corrected chi connectivity index (χ2v) is 5.64. The maximum absolute atomic E-state index is 13.0. The SMILES string of the molecule is Cc1ccc(NC(=O)c2ccccc2OC(C)C)cc1C(F)(F)F. The third-order valence-corrected chi connectivity index (χ3v) is 3.30. The molecule has 0 aliphatic carbocycles. The number of ether oxygens (including phenoxy) is 1. The summed E-state index contributed by atoms with van der Waals surface area (Å²) in [5.74, 6) is -0.142. The summed E-state index contributed by atoms with van der Waals surface area (Å²) < 4.78 is 44.5. The molecule has 3 nitrogen and oxygen atoms in total. The maximum atomic E-state index is 13.0. The van der Waals surface area contributed by atoms with Gasteiger partial charge in [0, 0.05) is 5.69 Å². The molecule has 0 aliphatic rings. The number of aryl methyl sites for hydroxylation is 1. The average Bonchev–Trinajstić information content (AvgIpc) is 2.48. The Morgan fingerprint density at radius 2 is 1.79 bits per heavy atom. The zero-order valence-electron chi connectivity index (χ0n) is 13.6. The fraction of sp³-hybridized carbons (Fsp3) is 0.278. The third-order valence-electron chi connectivity index (χ3n) is 3.30. The first-order chi connectivity index (χ1) is 11.2. The van der Waals surface area contributed by atoms with Gasteiger partial charge in [0.2, 0.25) is 0 Å². The molecule has 0 radical (unpaired) electrons. The summed E-state index contributed by atoms with van der Waals surface area (Å²) in [5, 5.41) is 2.49. The number of alkyl halides is 3. The molecule has 0 heterocycles. The number of carbonyl (C=O) groups excluding carboxylic acids is 1. The van der Waals surface area contributed by atoms with Gasteiger partial charge < -0.3 is 10.1 Å². The molecule has 2 aromatic rings. The van der Waals surface area contributed by atoms with Gasteiger partial charge in [-0.3, -0.25) is 4.79 Å². The lowest BCUT2D eigenvalue weighted by Crippen LogP contribution is -2.16. The number of hydrogen-bond donors (Lipinski definition) is 1. The van der Waals surface area contributed by atoms with Crippen molar-refractivity contribution in [3.63, 3.8) is 0 Å². The van der Waals surface area contributed by atoms with Gasteiger partial charge in [-0.25, -0.2) is 0 Å². The number of anilines is 1. The fourth-order valence-corrected chi connectivity index (χ4v) is 2.21. The van der Waals surface area contributed by atoms with Crippen LogP contribution in [0.15, 0.2) is 42.5 Å². The second kappa shape index (κ2) is 6.95. The van der Waals surface area contributed by atoms with Gasteiger partial charge in [0.25, 0.3) is 5.91 Å². The van der Waals surface area contributed by atoms with Gasteiger partial charge in [-0.05, 0) is 50.6 Å². The largest absolute Gasteiger partial charge is 0.490 e. The molecular formula is C18H18F3NO2. The van der Waals surface area contributed by atoms with Crippen LogP contribution in [0, 0.1) is 6.92 Å². The number of nitrogens with one attached hydrogen (secondary N) is 1. The molecule has 0 spiro atoms. The van der Waals surface area contributed by atoms with E-state index < -0.39 is 17.6 Å². The topological polar surface area (TPSA) is 38.3 Å². The molecule has 0 saturated carbocycles. The molecule has 2 rings (SSSR count). The van der Waals surface area contributed by atoms with Crippen molar-refractivity contribution < 1.29 is 22.7 Å². The first-order valence-corrected chi connectivity index (χ1v) is 7.43. The zero-order valence-corrected chi connectivity index (χ0v) is 13.6. The monoisotopic (exact) mass is 337 g/mol. The smallest absolute Gasteiger partial charge is 0.416 e. The Kier molecular flexibility index (Phi) is 5.17. The van der Waals surface area contributed by atoms with Gasteiger partial charge in [-0.15, -0.1) is 0 Å². The van der Waals surface area contributed by atoms with Crippen LogP contribution in [0.1, 0.15) is 35.3 Å². The first kappa shape index (κ1) is 17.8. The summed E-state index contributed by atoms with van der Waals surface area (Å²) in [4.78, 5) is 12.4. The van der Waals surface area contributed by atoms with Crippen LogP contribution in [0.3, 0.4) is 0 Å². The summed E-state index contributed by atoms with van der Waals surface area (Å²) in [5.41, 5.74) is -0.325. The average molecular weight is 337 g/mol. The van der Waals surface area contributed by atoms with Gasteiger partial charge in [0.05, 0.1) is 17.2 Å². The van der Waals surface area contributed by atoms with Crippen molar-refractivity contribution in [2.75, 3.05) is 5.32 Å². The molecule has 0 unspecified atom stereocenters. The molecular weight excluding hydrogens is 319 g/mol. The van der Waals surface area contributed by atoms with Crippen LogP contribution in [-0.2, 0) is 6.18 Å². The molecule has 0 aromatic heterocycles. The predicted octanol–water partition coefficient (Wildman–Crippen LogP) is 5.05. The van der Waals surface area contributed by atoms with Gasteiger partial charge in [0.15, 0.2) is 0 Å². The predicted molar refractivity (Wildman–Crippen MR) is 86.3 cm³/mol. The Labute approximate surface area is 138 Å². The molecule has 0 aliphatic heterocycles. The Hall–Kier alpha value is -2.50. The normalized spacial score (nSPS) is 11.5. The van der Waals surface area contributed by atoms with E-state index in [1.165, 1.54) is 19.1 Å². The molecule has 0 atom stereocenters. The van der Waals surface area contributed by atoms with Crippen LogP contribution in [-0.4, -0.2) is 12.0 Å². The van der Waals surface area contributed by atoms with E-state index in [2.05, 4.69) is 5.32 Å². The van der Waals surface area contributed by atoms with E-state index in [-0.39, 0.29) is 22.9 Å². The van der Waals surface area contributed by atoms with Crippen LogP contribution in [0.5, 0.6) is 5.75 Å². The third kappa shape index (κ3) is 4.28. The molecule has 24 heavy (non-hydrogen) atoms. The minimum absolute atomic E-state index is 0.0808. The maximum Gasteiger partial charge on any atom is 0.416 e. The van der Waals surface area contributed by atoms with Crippen molar-refractivity contribution in [3.05, 3.63) is 59.2 Å². The lowest BCUT2D eigenvalue weighted by Gasteiger charge is -2.15. The molecule has 128 valence electrons. The Bertz CT molecular complexity index is 739. The van der Waals surface area contributed by atoms with Crippen molar-refractivity contribution >= 4 is 11.6 Å². The zero-order chi connectivity index (χ0) is 17.9. The number of rotatable bonds is 4. The highest BCUT2D eigenvalue weighted by molar-refractivity contribution is 6.06. The molecule has 0 bridgehead atoms. The van der Waals surface area contributed by atoms with E-state index in [1.807, 2.05) is 13.8 Å². The van der Waals surface area contributed by atoms with Crippen molar-refractivity contribution in [2.45, 2.75) is 33.1 Å². The Morgan fingerprint density at radius 3 is 2.42 bits per heavy atom. The molecule has 0 fully saturated rings. The van der Waals surface area contributed by atoms with E-state index in [0.29, 0.717) is 5.75 Å². The van der Waals surface area contributed by atoms with Crippen molar-refractivity contribution in [1.29, 1.82) is 0 Å². The van der Waals surface area contributed by atoms with Crippen LogP contribution < -0.4 is 10.1 Å². The number of carbonyl (C=O) groups is 1. The summed E-state index contributed by atoms with van der Waals surface area (Å²) in [7, 11) is 0. The molecule has 0 saturated heterocycles. The van der Waals surface area contributed by atoms with E-state index in [4.69, 9.17) is 4.74 Å². The van der Waals surface area contributed by atoms with Gasteiger partial charge in [0.1, 0.15) is 5.75 Å². The van der Waals surface area contributed by atoms with Crippen LogP contribution in [0.4, 0.5) is 18.9 Å². The van der Waals surface area contributed by atoms with Crippen LogP contribution in [0.2, 0.25) is 0 Å². The van der Waals surface area contributed by atoms with Gasteiger partial charge in [-0.2, -0.15) is 13.2 Å². The summed E-state index contributed by atoms with van der Waals surface area (Å²) in [6, 6.07) is 10.3. The first-order valence-electron chi connectivity index (χ1n) is 7.43. The van der Waals surface area contributed by atoms with E-state index in [0.717, 1.165) is 6.07 Å². The summed E-state index contributed by atoms with van der Waals surface area (Å²) in [6.45, 7) is 5.02. The number of amides is 1. The van der Waals surface area contributed by atoms with Gasteiger partial charge in [-0.1, -0.05) is 18.2 Å². The van der Waals surface area contributed by atoms with Crippen LogP contribution >= 0.6 is 0 Å². The highest BCUT2D eigenvalue weighted by Gasteiger charge is 2.32. The number of hydrogen-bond acceptors (Lipinski definition) is 2. The highest BCUT2D eigenvalue weighted by Crippen LogP contribution is 2.33. The van der Waals surface area contributed by atoms with E-state index in [1.54, 1.807) is 24.3 Å². The summed E-state index contributed by atoms with van der Waals surface area (Å²) >= 11 is 0. The van der Waals surface area contributed by atoms with E-state index >= 15 is 0 Å². The summed E-state index contributed by atoms with van der Waals surface area (Å²) in [6.07, 6.45) is -4.60. The number of para-hydroxylation sites is 1. The minimum Gasteiger partial charge on any atom is -0.490 e. The lowest BCUT2D eigenvalue weighted by atomic mass is 10.1. The molecule has 1 amide bonds. The number of benzene rings is 2. The standard InChI is InChI=1S/C18H18F3NO2/c1-11(2)24-16-7-5-4-6-14(16)17(23)22-13-9-8-12(3)15(10-13)18(19,20)21/h4-11H,1-3H3,(H,22,23). The van der Waals surface area contributed by atoms with Crippen molar-refractivity contribution in [2.24, 2.45) is 0 Å². The van der Waals surface area contributed by atoms with E-state index in [9.17, 15) is 18.0 Å². The molecule has 6 heteroatoms. The van der Waals surface area contributed by atoms with Crippen LogP contribution in [0.25, 0.3) is 0 Å². The lowest BCUT2D eigenvalue weighted by molar-refractivity contribution is -0.138. The van der Waals surface area contributed by atoms with Gasteiger partial charge >= 0.3 is 6.18 Å². The second-order valence-electron chi connectivity index (χ2n) is 5.64. The highest BCUT2D eigenvalue weighted by atomic mass is 19.4. The van der Waals surface area contributed by atoms with Crippen molar-refractivity contribution in [1.82, 2.24) is 0 Å². The van der Waals surface area contributed by atoms with Crippen molar-refractivity contribution in [3.8, 4) is 5.75 Å². The fourth-order valence-electron chi connectivity index (χ4n) is 2.21. The molecule has 2 aromatic carbocycles. The Balaban J connectivity index is 2.28. The quantitative estimate of drug-likeness (QED) is 0.847. The Morgan fingerprint density at radius 1 is 1.12 bits per heavy atom. The number of halogens is 3. The minimum atomic E-state index is -4.47. The molecule has 1 N–H and O–H groups in total.